The van der Waals surface area contributed by atoms with Crippen LogP contribution < -0.4 is 0 Å². The summed E-state index contributed by atoms with van der Waals surface area (Å²) in [6, 6.07) is 1.68. The highest BCUT2D eigenvalue weighted by Crippen LogP contribution is 2.29. The van der Waals surface area contributed by atoms with Crippen molar-refractivity contribution in [3.8, 4) is 0 Å². The zero-order valence-electron chi connectivity index (χ0n) is 12.3. The van der Waals surface area contributed by atoms with E-state index in [0.29, 0.717) is 16.5 Å². The van der Waals surface area contributed by atoms with E-state index in [4.69, 9.17) is 20.5 Å². The maximum Gasteiger partial charge on any atom is 0.326 e. The van der Waals surface area contributed by atoms with Gasteiger partial charge in [-0.1, -0.05) is 11.6 Å². The van der Waals surface area contributed by atoms with Gasteiger partial charge in [0.1, 0.15) is 0 Å². The number of thiophene rings is 1. The third kappa shape index (κ3) is 6.22. The van der Waals surface area contributed by atoms with Gasteiger partial charge in [0.2, 0.25) is 8.32 Å². The molecule has 1 aromatic heterocycles. The Hall–Kier alpha value is -0.146. The zero-order chi connectivity index (χ0) is 14.8. The Bertz CT molecular complexity index is 461. The molecule has 1 aromatic rings. The molecular weight excluding hydrogens is 316 g/mol. The molecule has 0 saturated carbocycles. The van der Waals surface area contributed by atoms with Crippen LogP contribution in [-0.4, -0.2) is 22.6 Å². The highest BCUT2D eigenvalue weighted by molar-refractivity contribution is 7.16. The first-order valence-corrected chi connectivity index (χ1v) is 14.1. The second-order valence-corrected chi connectivity index (χ2v) is 17.0. The van der Waals surface area contributed by atoms with Gasteiger partial charge in [-0.05, 0) is 45.3 Å². The molecule has 0 N–H and O–H groups in total. The summed E-state index contributed by atoms with van der Waals surface area (Å²) >= 11 is 7.40. The Kier molecular flexibility index (Phi) is 5.42. The monoisotopic (exact) mass is 336 g/mol. The summed E-state index contributed by atoms with van der Waals surface area (Å²) in [4.78, 5) is 13.0. The summed E-state index contributed by atoms with van der Waals surface area (Å²) in [6.45, 7) is 12.7. The van der Waals surface area contributed by atoms with Gasteiger partial charge in [-0.15, -0.1) is 11.3 Å². The zero-order valence-corrected chi connectivity index (χ0v) is 15.9. The molecule has 0 amide bonds. The molecule has 1 rings (SSSR count). The first kappa shape index (κ1) is 16.9. The van der Waals surface area contributed by atoms with E-state index in [-0.39, 0.29) is 5.97 Å². The molecular formula is C12H21ClO3SSi2. The minimum absolute atomic E-state index is 0.281. The summed E-state index contributed by atoms with van der Waals surface area (Å²) in [6.07, 6.45) is 0. The molecule has 0 spiro atoms. The first-order chi connectivity index (χ1) is 8.48. The minimum Gasteiger partial charge on any atom is -0.516 e. The number of rotatable bonds is 5. The van der Waals surface area contributed by atoms with Gasteiger partial charge in [-0.25, -0.2) is 4.79 Å². The normalized spacial score (nSPS) is 12.6. The van der Waals surface area contributed by atoms with Crippen LogP contribution in [0.1, 0.15) is 15.2 Å². The van der Waals surface area contributed by atoms with E-state index < -0.39 is 16.6 Å². The Labute approximate surface area is 126 Å². The molecule has 0 atom stereocenters. The van der Waals surface area contributed by atoms with Crippen molar-refractivity contribution < 1.29 is 13.6 Å². The Morgan fingerprint density at radius 1 is 1.21 bits per heavy atom. The predicted octanol–water partition coefficient (Wildman–Crippen LogP) is 4.74. The van der Waals surface area contributed by atoms with Crippen LogP contribution in [0.25, 0.3) is 0 Å². The molecule has 7 heteroatoms. The molecule has 0 saturated heterocycles. The van der Waals surface area contributed by atoms with Gasteiger partial charge < -0.3 is 8.85 Å². The lowest BCUT2D eigenvalue weighted by molar-refractivity contribution is 0.0722. The average Bonchev–Trinajstić information content (AvgIpc) is 2.53. The van der Waals surface area contributed by atoms with E-state index >= 15 is 0 Å². The van der Waals surface area contributed by atoms with E-state index in [0.717, 1.165) is 4.88 Å². The van der Waals surface area contributed by atoms with Crippen molar-refractivity contribution in [2.75, 3.05) is 0 Å². The molecule has 108 valence electrons. The highest BCUT2D eigenvalue weighted by atomic mass is 35.5. The van der Waals surface area contributed by atoms with Crippen LogP contribution in [0.4, 0.5) is 0 Å². The van der Waals surface area contributed by atoms with Crippen molar-refractivity contribution in [3.63, 3.8) is 0 Å². The molecule has 0 fully saturated rings. The van der Waals surface area contributed by atoms with E-state index in [1.165, 1.54) is 11.3 Å². The van der Waals surface area contributed by atoms with Crippen LogP contribution in [0.15, 0.2) is 6.07 Å². The highest BCUT2D eigenvalue weighted by Gasteiger charge is 2.25. The molecule has 0 aliphatic rings. The smallest absolute Gasteiger partial charge is 0.326 e. The molecule has 0 unspecified atom stereocenters. The van der Waals surface area contributed by atoms with Crippen molar-refractivity contribution in [3.05, 3.63) is 20.8 Å². The molecule has 0 bridgehead atoms. The standard InChI is InChI=1S/C12H21ClO3SSi2/c1-18(2,3)15-8-10-9(7-11(13)17-10)12(14)16-19(4,5)6/h7H,8H2,1-6H3. The van der Waals surface area contributed by atoms with Gasteiger partial charge in [-0.3, -0.25) is 0 Å². The Balaban J connectivity index is 2.87. The maximum absolute atomic E-state index is 12.1. The fraction of sp³-hybridized carbons (Fsp3) is 0.583. The van der Waals surface area contributed by atoms with Gasteiger partial charge in [-0.2, -0.15) is 0 Å². The molecule has 3 nitrogen and oxygen atoms in total. The van der Waals surface area contributed by atoms with Gasteiger partial charge in [0.15, 0.2) is 8.32 Å². The number of carbonyl (C=O) groups is 1. The third-order valence-corrected chi connectivity index (χ3v) is 5.08. The first-order valence-electron chi connectivity index (χ1n) is 6.13. The van der Waals surface area contributed by atoms with E-state index in [9.17, 15) is 4.79 Å². The summed E-state index contributed by atoms with van der Waals surface area (Å²) in [5.74, 6) is -0.281. The van der Waals surface area contributed by atoms with Gasteiger partial charge >= 0.3 is 5.97 Å². The summed E-state index contributed by atoms with van der Waals surface area (Å²) in [5, 5.41) is 0. The molecule has 1 heterocycles. The fourth-order valence-corrected chi connectivity index (χ4v) is 3.81. The van der Waals surface area contributed by atoms with Crippen molar-refractivity contribution in [1.29, 1.82) is 0 Å². The van der Waals surface area contributed by atoms with Crippen molar-refractivity contribution in [1.82, 2.24) is 0 Å². The number of hydrogen-bond donors (Lipinski definition) is 0. The van der Waals surface area contributed by atoms with Crippen LogP contribution in [0.3, 0.4) is 0 Å². The topological polar surface area (TPSA) is 35.5 Å². The summed E-state index contributed by atoms with van der Waals surface area (Å²) < 4.78 is 12.0. The van der Waals surface area contributed by atoms with Crippen molar-refractivity contribution >= 4 is 45.5 Å². The van der Waals surface area contributed by atoms with E-state index in [1.807, 2.05) is 19.6 Å². The minimum atomic E-state index is -1.90. The quantitative estimate of drug-likeness (QED) is 0.728. The van der Waals surface area contributed by atoms with Crippen LogP contribution in [0.5, 0.6) is 0 Å². The van der Waals surface area contributed by atoms with Gasteiger partial charge in [0, 0.05) is 4.88 Å². The molecule has 0 aliphatic heterocycles. The SMILES string of the molecule is C[Si](C)(C)OCc1sc(Cl)cc1C(=O)O[Si](C)(C)C. The summed E-state index contributed by atoms with van der Waals surface area (Å²) in [7, 11) is -3.51. The largest absolute Gasteiger partial charge is 0.516 e. The Morgan fingerprint density at radius 2 is 1.79 bits per heavy atom. The lowest BCUT2D eigenvalue weighted by Crippen LogP contribution is -2.29. The second-order valence-electron chi connectivity index (χ2n) is 6.29. The van der Waals surface area contributed by atoms with Gasteiger partial charge in [0.05, 0.1) is 16.5 Å². The maximum atomic E-state index is 12.1. The fourth-order valence-electron chi connectivity index (χ4n) is 1.29. The van der Waals surface area contributed by atoms with Gasteiger partial charge in [0.25, 0.3) is 0 Å². The van der Waals surface area contributed by atoms with Crippen LogP contribution in [0.2, 0.25) is 43.6 Å². The number of halogens is 1. The molecule has 0 aromatic carbocycles. The second kappa shape index (κ2) is 6.09. The van der Waals surface area contributed by atoms with Crippen molar-refractivity contribution in [2.45, 2.75) is 45.9 Å². The number of carbonyl (C=O) groups excluding carboxylic acids is 1. The lowest BCUT2D eigenvalue weighted by Gasteiger charge is -2.19. The van der Waals surface area contributed by atoms with Crippen LogP contribution in [-0.2, 0) is 15.5 Å². The van der Waals surface area contributed by atoms with Crippen molar-refractivity contribution in [2.24, 2.45) is 0 Å². The van der Waals surface area contributed by atoms with Crippen LogP contribution in [0, 0.1) is 0 Å². The lowest BCUT2D eigenvalue weighted by atomic mass is 10.3. The Morgan fingerprint density at radius 3 is 2.26 bits per heavy atom. The molecule has 19 heavy (non-hydrogen) atoms. The predicted molar refractivity (Wildman–Crippen MR) is 86.2 cm³/mol. The number of hydrogen-bond acceptors (Lipinski definition) is 4. The average molecular weight is 337 g/mol. The molecule has 0 aliphatic carbocycles. The van der Waals surface area contributed by atoms with E-state index in [1.54, 1.807) is 6.07 Å². The van der Waals surface area contributed by atoms with Crippen LogP contribution >= 0.6 is 22.9 Å². The van der Waals surface area contributed by atoms with E-state index in [2.05, 4.69) is 19.6 Å². The summed E-state index contributed by atoms with van der Waals surface area (Å²) in [5.41, 5.74) is 0.552. The third-order valence-electron chi connectivity index (χ3n) is 2.03. The molecule has 0 radical (unpaired) electrons.